The van der Waals surface area contributed by atoms with Gasteiger partial charge in [-0.3, -0.25) is 48.2 Å². The Balaban J connectivity index is 0.700. The van der Waals surface area contributed by atoms with Crippen molar-refractivity contribution in [2.75, 3.05) is 51.9 Å². The first-order chi connectivity index (χ1) is 41.7. The molecule has 3 atom stereocenters. The Morgan fingerprint density at radius 2 is 1.57 bits per heavy atom. The SMILES string of the molecule is CC[C@@]1(O)C(=O)OCc2c1cc1n(c2=S)Cc2c-1nc1cc(F)c(C)c3c1c2[C@@H](NC(=O)COCN(C)C(=O)OCc1ccc(NC(=O)CNC(=O)[C@H](Cc2ccccc2)NC(=O)CNC(=O)CNC(=O)CCCCCN2C(=O)C=CC2=O)cc1)CC3. The Kier molecular flexibility index (Phi) is 19.6. The van der Waals surface area contributed by atoms with E-state index < -0.39 is 97.2 Å². The van der Waals surface area contributed by atoms with E-state index in [1.807, 2.05) is 4.57 Å². The number of benzene rings is 3. The van der Waals surface area contributed by atoms with Gasteiger partial charge in [-0.05, 0) is 85.0 Å². The van der Waals surface area contributed by atoms with Crippen molar-refractivity contribution in [3.05, 3.63) is 134 Å². The minimum absolute atomic E-state index is 0.0462. The molecular weight excluding hydrogens is 1150 g/mol. The number of pyridine rings is 2. The molecule has 456 valence electrons. The van der Waals surface area contributed by atoms with Crippen molar-refractivity contribution >= 4 is 88.1 Å². The average molecular weight is 1210 g/mol. The minimum Gasteiger partial charge on any atom is -0.458 e. The first-order valence-electron chi connectivity index (χ1n) is 28.4. The van der Waals surface area contributed by atoms with Gasteiger partial charge in [0, 0.05) is 72.4 Å². The lowest BCUT2D eigenvalue weighted by Crippen LogP contribution is -2.52. The molecule has 4 aliphatic rings. The lowest BCUT2D eigenvalue weighted by atomic mass is 9.81. The Labute approximate surface area is 503 Å². The van der Waals surface area contributed by atoms with Gasteiger partial charge >= 0.3 is 12.1 Å². The summed E-state index contributed by atoms with van der Waals surface area (Å²) >= 11 is 5.93. The van der Waals surface area contributed by atoms with Gasteiger partial charge in [-0.15, -0.1) is 0 Å². The number of carbonyl (C=O) groups excluding carboxylic acids is 10. The molecule has 3 aromatic carbocycles. The standard InChI is InChI=1S/C61H65FN10O14S/c1-4-61(83)41-24-46-56-39(29-72(46)58(87)40(41)31-85-59(61)81)55-43(19-18-38-34(2)42(62)25-44(69-56)54(38)55)67-51(77)32-84-33-70(3)60(82)86-30-36-14-16-37(17-15-36)66-49(75)28-65-57(80)45(23-35-11-7-5-8-12-35)68-50(76)27-64-48(74)26-63-47(73)13-9-6-10-22-71-52(78)20-21-53(71)79/h5,7-8,11-12,14-17,20-21,24-25,43,45,83H,4,6,9-10,13,18-19,22-23,26-33H2,1-3H3,(H,63,73)(H,64,74)(H,65,80)(H,66,75)(H,67,77)(H,68,76)/t43-,45-,61-/m0/s1. The molecule has 0 bridgehead atoms. The molecule has 5 aromatic rings. The predicted molar refractivity (Wildman–Crippen MR) is 312 cm³/mol. The second-order valence-corrected chi connectivity index (χ2v) is 21.9. The quantitative estimate of drug-likeness (QED) is 0.0141. The van der Waals surface area contributed by atoms with Crippen LogP contribution in [0.15, 0.2) is 78.9 Å². The maximum absolute atomic E-state index is 15.4. The summed E-state index contributed by atoms with van der Waals surface area (Å²) < 4.78 is 34.1. The maximum Gasteiger partial charge on any atom is 0.411 e. The van der Waals surface area contributed by atoms with Crippen LogP contribution in [-0.2, 0) is 95.6 Å². The normalized spacial score (nSPS) is 16.4. The summed E-state index contributed by atoms with van der Waals surface area (Å²) in [5, 5.41) is 28.0. The Hall–Kier alpha value is -9.27. The molecule has 2 aromatic heterocycles. The third-order valence-electron chi connectivity index (χ3n) is 15.6. The van der Waals surface area contributed by atoms with E-state index >= 15 is 4.39 Å². The number of anilines is 1. The Morgan fingerprint density at radius 1 is 0.862 bits per heavy atom. The van der Waals surface area contributed by atoms with Crippen LogP contribution in [0.2, 0.25) is 0 Å². The van der Waals surface area contributed by atoms with Crippen LogP contribution in [0.1, 0.15) is 96.0 Å². The van der Waals surface area contributed by atoms with Crippen LogP contribution in [0.3, 0.4) is 0 Å². The minimum atomic E-state index is -1.92. The highest BCUT2D eigenvalue weighted by Crippen LogP contribution is 2.47. The number of carbonyl (C=O) groups is 10. The van der Waals surface area contributed by atoms with Crippen LogP contribution < -0.4 is 31.9 Å². The molecule has 0 spiro atoms. The second kappa shape index (κ2) is 27.4. The number of esters is 1. The van der Waals surface area contributed by atoms with Gasteiger partial charge < -0.3 is 55.8 Å². The molecule has 87 heavy (non-hydrogen) atoms. The number of aliphatic hydroxyl groups is 1. The molecule has 7 N–H and O–H groups in total. The summed E-state index contributed by atoms with van der Waals surface area (Å²) in [6.07, 6.45) is 4.33. The number of aryl methyl sites for hydroxylation is 1. The van der Waals surface area contributed by atoms with Gasteiger partial charge in [0.1, 0.15) is 43.1 Å². The van der Waals surface area contributed by atoms with E-state index in [0.717, 1.165) is 31.9 Å². The molecule has 0 saturated carbocycles. The highest BCUT2D eigenvalue weighted by Gasteiger charge is 2.45. The number of fused-ring (bicyclic) bond motifs is 5. The van der Waals surface area contributed by atoms with E-state index in [-0.39, 0.29) is 64.1 Å². The number of aromatic nitrogens is 2. The molecule has 0 unspecified atom stereocenters. The van der Waals surface area contributed by atoms with Crippen LogP contribution in [-0.4, -0.2) is 136 Å². The van der Waals surface area contributed by atoms with Crippen molar-refractivity contribution < 1.29 is 71.7 Å². The predicted octanol–water partition coefficient (Wildman–Crippen LogP) is 3.74. The largest absolute Gasteiger partial charge is 0.458 e. The van der Waals surface area contributed by atoms with Gasteiger partial charge in [0.15, 0.2) is 5.60 Å². The Bertz CT molecular complexity index is 3670. The highest BCUT2D eigenvalue weighted by molar-refractivity contribution is 7.71. The summed E-state index contributed by atoms with van der Waals surface area (Å²) in [5.74, 6) is -5.40. The van der Waals surface area contributed by atoms with Crippen molar-refractivity contribution in [1.29, 1.82) is 0 Å². The average Bonchev–Trinajstić information content (AvgIpc) is 1.66. The Morgan fingerprint density at radius 3 is 2.31 bits per heavy atom. The molecule has 9 rings (SSSR count). The molecule has 5 heterocycles. The fraction of sp³-hybridized carbons (Fsp3) is 0.377. The van der Waals surface area contributed by atoms with E-state index in [4.69, 9.17) is 31.4 Å². The van der Waals surface area contributed by atoms with E-state index in [1.54, 1.807) is 74.5 Å². The van der Waals surface area contributed by atoms with Gasteiger partial charge in [0.25, 0.3) is 11.8 Å². The van der Waals surface area contributed by atoms with E-state index in [2.05, 4.69) is 31.9 Å². The van der Waals surface area contributed by atoms with Gasteiger partial charge in [-0.2, -0.15) is 0 Å². The summed E-state index contributed by atoms with van der Waals surface area (Å²) in [7, 11) is 1.43. The second-order valence-electron chi connectivity index (χ2n) is 21.5. The molecule has 24 nitrogen and oxygen atoms in total. The van der Waals surface area contributed by atoms with Crippen molar-refractivity contribution in [3.63, 3.8) is 0 Å². The third-order valence-corrected chi connectivity index (χ3v) is 16.0. The monoisotopic (exact) mass is 1210 g/mol. The van der Waals surface area contributed by atoms with Crippen LogP contribution in [0, 0.1) is 17.4 Å². The van der Waals surface area contributed by atoms with Gasteiger partial charge in [0.2, 0.25) is 35.4 Å². The lowest BCUT2D eigenvalue weighted by molar-refractivity contribution is -0.172. The smallest absolute Gasteiger partial charge is 0.411 e. The number of ether oxygens (including phenoxy) is 3. The number of imide groups is 1. The zero-order valence-corrected chi connectivity index (χ0v) is 48.8. The zero-order valence-electron chi connectivity index (χ0n) is 48.0. The summed E-state index contributed by atoms with van der Waals surface area (Å²) in [6.45, 7) is 1.56. The van der Waals surface area contributed by atoms with Crippen molar-refractivity contribution in [1.82, 2.24) is 45.9 Å². The number of hydrogen-bond donors (Lipinski definition) is 7. The molecule has 26 heteroatoms. The topological polar surface area (TPSA) is 315 Å². The fourth-order valence-corrected chi connectivity index (χ4v) is 11.2. The van der Waals surface area contributed by atoms with Crippen LogP contribution in [0.25, 0.3) is 22.3 Å². The summed E-state index contributed by atoms with van der Waals surface area (Å²) in [5.41, 5.74) is 4.81. The van der Waals surface area contributed by atoms with Gasteiger partial charge in [0.05, 0.1) is 49.1 Å². The molecular formula is C61H65FN10O14S. The fourth-order valence-electron chi connectivity index (χ4n) is 10.9. The van der Waals surface area contributed by atoms with Gasteiger partial charge in [-0.1, -0.05) is 68.0 Å². The maximum atomic E-state index is 15.4. The molecule has 0 radical (unpaired) electrons. The number of amides is 9. The number of nitrogens with one attached hydrogen (secondary N) is 6. The first-order valence-corrected chi connectivity index (χ1v) is 28.8. The lowest BCUT2D eigenvalue weighted by Gasteiger charge is -2.32. The number of nitrogens with zero attached hydrogens (tertiary/aromatic N) is 4. The van der Waals surface area contributed by atoms with Crippen molar-refractivity contribution in [3.8, 4) is 11.4 Å². The molecule has 9 amide bonds. The number of rotatable bonds is 25. The van der Waals surface area contributed by atoms with Crippen LogP contribution >= 0.6 is 12.2 Å². The number of halogens is 1. The van der Waals surface area contributed by atoms with Crippen molar-refractivity contribution in [2.45, 2.75) is 103 Å². The number of unbranched alkanes of at least 4 members (excludes halogenated alkanes) is 2. The zero-order chi connectivity index (χ0) is 62.1. The van der Waals surface area contributed by atoms with E-state index in [0.29, 0.717) is 87.2 Å². The van der Waals surface area contributed by atoms with Crippen molar-refractivity contribution in [2.24, 2.45) is 0 Å². The molecule has 0 saturated heterocycles. The summed E-state index contributed by atoms with van der Waals surface area (Å²) in [4.78, 5) is 134. The van der Waals surface area contributed by atoms with E-state index in [9.17, 15) is 53.1 Å². The van der Waals surface area contributed by atoms with Crippen LogP contribution in [0.4, 0.5) is 14.9 Å². The highest BCUT2D eigenvalue weighted by atomic mass is 32.1. The first kappa shape index (κ1) is 62.3. The third kappa shape index (κ3) is 14.4. The number of cyclic esters (lactones) is 1. The summed E-state index contributed by atoms with van der Waals surface area (Å²) in [6, 6.07) is 16.6. The van der Waals surface area contributed by atoms with E-state index in [1.165, 1.54) is 25.3 Å². The van der Waals surface area contributed by atoms with Crippen LogP contribution in [0.5, 0.6) is 0 Å². The van der Waals surface area contributed by atoms with Gasteiger partial charge in [-0.25, -0.2) is 19.0 Å². The molecule has 3 aliphatic heterocycles. The number of hydrogen-bond acceptors (Lipinski definition) is 16. The molecule has 1 aliphatic carbocycles. The molecule has 0 fully saturated rings.